The minimum Gasteiger partial charge on any atom is -0.464 e. The van der Waals surface area contributed by atoms with Gasteiger partial charge in [-0.1, -0.05) is 19.0 Å². The second-order valence-corrected chi connectivity index (χ2v) is 6.08. The first kappa shape index (κ1) is 17.3. The molecule has 7 nitrogen and oxygen atoms in total. The third-order valence-electron chi connectivity index (χ3n) is 3.96. The standard InChI is InChI=1S/C16H25N3O4/c1-5-22-15(20)11(4)17-16(21)19-8-6-7-13(19)14-9-12(10(2)3)18-23-14/h9-11,13H,5-8H2,1-4H3,(H,17,21)/t11-,13+/m1/s1. The summed E-state index contributed by atoms with van der Waals surface area (Å²) in [4.78, 5) is 25.8. The molecule has 0 aromatic carbocycles. The third-order valence-corrected chi connectivity index (χ3v) is 3.96. The SMILES string of the molecule is CCOC(=O)[C@@H](C)NC(=O)N1CCC[C@H]1c1cc(C(C)C)no1. The third kappa shape index (κ3) is 4.03. The molecule has 0 saturated carbocycles. The molecule has 2 heterocycles. The maximum absolute atomic E-state index is 12.4. The maximum Gasteiger partial charge on any atom is 0.328 e. The smallest absolute Gasteiger partial charge is 0.328 e. The number of hydrogen-bond acceptors (Lipinski definition) is 5. The first-order valence-electron chi connectivity index (χ1n) is 8.14. The summed E-state index contributed by atoms with van der Waals surface area (Å²) in [6, 6.07) is 0.819. The van der Waals surface area contributed by atoms with E-state index in [1.54, 1.807) is 18.7 Å². The normalized spacial score (nSPS) is 19.0. The van der Waals surface area contributed by atoms with E-state index >= 15 is 0 Å². The van der Waals surface area contributed by atoms with Crippen molar-refractivity contribution in [2.24, 2.45) is 0 Å². The number of aromatic nitrogens is 1. The number of nitrogens with one attached hydrogen (secondary N) is 1. The molecular formula is C16H25N3O4. The number of rotatable bonds is 5. The van der Waals surface area contributed by atoms with Crippen LogP contribution in [0, 0.1) is 0 Å². The minimum absolute atomic E-state index is 0.135. The molecular weight excluding hydrogens is 298 g/mol. The fourth-order valence-corrected chi connectivity index (χ4v) is 2.63. The van der Waals surface area contributed by atoms with Gasteiger partial charge < -0.3 is 19.5 Å². The molecule has 1 fully saturated rings. The van der Waals surface area contributed by atoms with Crippen LogP contribution in [0.2, 0.25) is 0 Å². The molecule has 0 bridgehead atoms. The van der Waals surface area contributed by atoms with E-state index in [4.69, 9.17) is 9.26 Å². The molecule has 1 N–H and O–H groups in total. The minimum atomic E-state index is -0.676. The Morgan fingerprint density at radius 3 is 2.83 bits per heavy atom. The second-order valence-electron chi connectivity index (χ2n) is 6.08. The van der Waals surface area contributed by atoms with Gasteiger partial charge in [0.25, 0.3) is 0 Å². The van der Waals surface area contributed by atoms with E-state index in [0.29, 0.717) is 18.9 Å². The van der Waals surface area contributed by atoms with Crippen molar-refractivity contribution in [1.82, 2.24) is 15.4 Å². The molecule has 0 aliphatic carbocycles. The van der Waals surface area contributed by atoms with E-state index in [2.05, 4.69) is 10.5 Å². The molecule has 7 heteroatoms. The van der Waals surface area contributed by atoms with Crippen LogP contribution in [-0.4, -0.2) is 41.3 Å². The van der Waals surface area contributed by atoms with Gasteiger partial charge in [0.05, 0.1) is 18.3 Å². The highest BCUT2D eigenvalue weighted by Crippen LogP contribution is 2.33. The lowest BCUT2D eigenvalue weighted by atomic mass is 10.1. The number of hydrogen-bond donors (Lipinski definition) is 1. The Morgan fingerprint density at radius 2 is 2.22 bits per heavy atom. The van der Waals surface area contributed by atoms with Crippen molar-refractivity contribution in [3.05, 3.63) is 17.5 Å². The van der Waals surface area contributed by atoms with Gasteiger partial charge in [-0.05, 0) is 32.6 Å². The molecule has 128 valence electrons. The molecule has 0 spiro atoms. The number of nitrogens with zero attached hydrogens (tertiary/aromatic N) is 2. The van der Waals surface area contributed by atoms with Gasteiger partial charge in [0.15, 0.2) is 5.76 Å². The fraction of sp³-hybridized carbons (Fsp3) is 0.688. The molecule has 1 aliphatic heterocycles. The van der Waals surface area contributed by atoms with Crippen LogP contribution in [-0.2, 0) is 9.53 Å². The summed E-state index contributed by atoms with van der Waals surface area (Å²) in [6.07, 6.45) is 1.72. The van der Waals surface area contributed by atoms with E-state index in [1.807, 2.05) is 19.9 Å². The summed E-state index contributed by atoms with van der Waals surface area (Å²) in [5, 5.41) is 6.75. The lowest BCUT2D eigenvalue weighted by molar-refractivity contribution is -0.144. The number of amides is 2. The zero-order chi connectivity index (χ0) is 17.0. The number of likely N-dealkylation sites (tertiary alicyclic amines) is 1. The molecule has 2 amide bonds. The zero-order valence-electron chi connectivity index (χ0n) is 14.2. The highest BCUT2D eigenvalue weighted by Gasteiger charge is 2.34. The molecule has 1 aliphatic rings. The summed E-state index contributed by atoms with van der Waals surface area (Å²) < 4.78 is 10.3. The Bertz CT molecular complexity index is 555. The summed E-state index contributed by atoms with van der Waals surface area (Å²) in [7, 11) is 0. The highest BCUT2D eigenvalue weighted by molar-refractivity contribution is 5.83. The van der Waals surface area contributed by atoms with E-state index < -0.39 is 12.0 Å². The van der Waals surface area contributed by atoms with Crippen molar-refractivity contribution in [2.75, 3.05) is 13.2 Å². The van der Waals surface area contributed by atoms with Crippen molar-refractivity contribution in [2.45, 2.75) is 58.5 Å². The van der Waals surface area contributed by atoms with Crippen molar-refractivity contribution in [3.63, 3.8) is 0 Å². The Kier molecular flexibility index (Phi) is 5.63. The molecule has 0 unspecified atom stereocenters. The molecule has 1 saturated heterocycles. The van der Waals surface area contributed by atoms with Gasteiger partial charge in [0.2, 0.25) is 0 Å². The Morgan fingerprint density at radius 1 is 1.48 bits per heavy atom. The van der Waals surface area contributed by atoms with Gasteiger partial charge in [0, 0.05) is 12.6 Å². The second kappa shape index (κ2) is 7.48. The van der Waals surface area contributed by atoms with E-state index in [0.717, 1.165) is 18.5 Å². The first-order valence-corrected chi connectivity index (χ1v) is 8.14. The molecule has 0 radical (unpaired) electrons. The summed E-state index contributed by atoms with van der Waals surface area (Å²) in [5.41, 5.74) is 0.882. The number of carbonyl (C=O) groups is 2. The van der Waals surface area contributed by atoms with Crippen LogP contribution in [0.3, 0.4) is 0 Å². The lowest BCUT2D eigenvalue weighted by Gasteiger charge is -2.24. The Labute approximate surface area is 136 Å². The zero-order valence-corrected chi connectivity index (χ0v) is 14.2. The monoisotopic (exact) mass is 323 g/mol. The van der Waals surface area contributed by atoms with Crippen LogP contribution < -0.4 is 5.32 Å². The number of carbonyl (C=O) groups excluding carboxylic acids is 2. The van der Waals surface area contributed by atoms with Crippen LogP contribution in [0.5, 0.6) is 0 Å². The van der Waals surface area contributed by atoms with Gasteiger partial charge in [-0.25, -0.2) is 9.59 Å². The van der Waals surface area contributed by atoms with Gasteiger partial charge >= 0.3 is 12.0 Å². The highest BCUT2D eigenvalue weighted by atomic mass is 16.5. The lowest BCUT2D eigenvalue weighted by Crippen LogP contribution is -2.46. The van der Waals surface area contributed by atoms with Crippen LogP contribution in [0.1, 0.15) is 64.0 Å². The van der Waals surface area contributed by atoms with Gasteiger partial charge in [-0.15, -0.1) is 0 Å². The molecule has 2 atom stereocenters. The van der Waals surface area contributed by atoms with Crippen LogP contribution in [0.25, 0.3) is 0 Å². The molecule has 1 aromatic rings. The average molecular weight is 323 g/mol. The summed E-state index contributed by atoms with van der Waals surface area (Å²) in [6.45, 7) is 8.36. The number of urea groups is 1. The van der Waals surface area contributed by atoms with Crippen LogP contribution in [0.4, 0.5) is 4.79 Å². The number of esters is 1. The molecule has 1 aromatic heterocycles. The Balaban J connectivity index is 2.02. The van der Waals surface area contributed by atoms with Crippen LogP contribution in [0.15, 0.2) is 10.6 Å². The van der Waals surface area contributed by atoms with Crippen molar-refractivity contribution >= 4 is 12.0 Å². The van der Waals surface area contributed by atoms with Gasteiger partial charge in [-0.3, -0.25) is 0 Å². The summed E-state index contributed by atoms with van der Waals surface area (Å²) >= 11 is 0. The van der Waals surface area contributed by atoms with Crippen molar-refractivity contribution in [3.8, 4) is 0 Å². The number of ether oxygens (including phenoxy) is 1. The average Bonchev–Trinajstić information content (AvgIpc) is 3.15. The van der Waals surface area contributed by atoms with Gasteiger partial charge in [-0.2, -0.15) is 0 Å². The molecule has 23 heavy (non-hydrogen) atoms. The van der Waals surface area contributed by atoms with Crippen LogP contribution >= 0.6 is 0 Å². The largest absolute Gasteiger partial charge is 0.464 e. The predicted octanol–water partition coefficient (Wildman–Crippen LogP) is 2.60. The summed E-state index contributed by atoms with van der Waals surface area (Å²) in [5.74, 6) is 0.545. The van der Waals surface area contributed by atoms with E-state index in [-0.39, 0.29) is 18.0 Å². The fourth-order valence-electron chi connectivity index (χ4n) is 2.63. The van der Waals surface area contributed by atoms with E-state index in [9.17, 15) is 9.59 Å². The first-order chi connectivity index (χ1) is 10.9. The maximum atomic E-state index is 12.4. The van der Waals surface area contributed by atoms with Gasteiger partial charge in [0.1, 0.15) is 6.04 Å². The van der Waals surface area contributed by atoms with Crippen molar-refractivity contribution in [1.29, 1.82) is 0 Å². The predicted molar refractivity (Wildman–Crippen MR) is 83.9 cm³/mol. The van der Waals surface area contributed by atoms with Crippen molar-refractivity contribution < 1.29 is 18.8 Å². The Hall–Kier alpha value is -2.05. The topological polar surface area (TPSA) is 84.7 Å². The quantitative estimate of drug-likeness (QED) is 0.842. The molecule has 2 rings (SSSR count). The van der Waals surface area contributed by atoms with E-state index in [1.165, 1.54) is 0 Å².